The van der Waals surface area contributed by atoms with Gasteiger partial charge in [-0.3, -0.25) is 0 Å². The van der Waals surface area contributed by atoms with Gasteiger partial charge in [-0.2, -0.15) is 4.98 Å². The average Bonchev–Trinajstić information content (AvgIpc) is 2.90. The Bertz CT molecular complexity index is 477. The zero-order valence-electron chi connectivity index (χ0n) is 14.5. The Morgan fingerprint density at radius 1 is 1.35 bits per heavy atom. The number of aromatic nitrogens is 2. The van der Waals surface area contributed by atoms with Gasteiger partial charge in [0.25, 0.3) is 0 Å². The summed E-state index contributed by atoms with van der Waals surface area (Å²) in [4.78, 5) is 8.66. The molecule has 0 spiro atoms. The number of hydrogen-bond acceptors (Lipinski definition) is 4. The quantitative estimate of drug-likeness (QED) is 0.408. The summed E-state index contributed by atoms with van der Waals surface area (Å²) < 4.78 is 5.08. The van der Waals surface area contributed by atoms with E-state index in [0.29, 0.717) is 18.3 Å². The average molecular weight is 435 g/mol. The standard InChI is InChI=1S/C16H29N5O.HI/c1-4-17-16(19-11-15-20-13(3)21-22-15)18-9-8-14-7-5-6-12(2)10-14;/h12,14H,4-11H2,1-3H3,(H2,17,18,19);1H. The van der Waals surface area contributed by atoms with Crippen LogP contribution in [0.5, 0.6) is 0 Å². The van der Waals surface area contributed by atoms with Crippen LogP contribution in [0.25, 0.3) is 0 Å². The van der Waals surface area contributed by atoms with E-state index in [-0.39, 0.29) is 24.0 Å². The molecule has 1 heterocycles. The third kappa shape index (κ3) is 7.50. The van der Waals surface area contributed by atoms with Crippen LogP contribution < -0.4 is 10.6 Å². The monoisotopic (exact) mass is 435 g/mol. The van der Waals surface area contributed by atoms with E-state index in [9.17, 15) is 0 Å². The topological polar surface area (TPSA) is 75.3 Å². The van der Waals surface area contributed by atoms with Crippen LogP contribution in [0.1, 0.15) is 57.7 Å². The predicted molar refractivity (Wildman–Crippen MR) is 103 cm³/mol. The lowest BCUT2D eigenvalue weighted by Crippen LogP contribution is -2.38. The predicted octanol–water partition coefficient (Wildman–Crippen LogP) is 3.27. The van der Waals surface area contributed by atoms with Gasteiger partial charge >= 0.3 is 0 Å². The van der Waals surface area contributed by atoms with Crippen LogP contribution in [0, 0.1) is 18.8 Å². The summed E-state index contributed by atoms with van der Waals surface area (Å²) in [7, 11) is 0. The Labute approximate surface area is 156 Å². The molecule has 1 aromatic heterocycles. The van der Waals surface area contributed by atoms with Crippen LogP contribution in [-0.4, -0.2) is 29.2 Å². The van der Waals surface area contributed by atoms with E-state index in [1.165, 1.54) is 32.1 Å². The third-order valence-corrected chi connectivity index (χ3v) is 4.18. The number of aliphatic imine (C=N–C) groups is 1. The SMILES string of the molecule is CCNC(=NCc1nc(C)no1)NCCC1CCCC(C)C1.I. The van der Waals surface area contributed by atoms with Gasteiger partial charge in [0, 0.05) is 13.1 Å². The fraction of sp³-hybridized carbons (Fsp3) is 0.812. The fourth-order valence-corrected chi connectivity index (χ4v) is 3.11. The summed E-state index contributed by atoms with van der Waals surface area (Å²) >= 11 is 0. The van der Waals surface area contributed by atoms with Gasteiger partial charge in [-0.25, -0.2) is 4.99 Å². The number of nitrogens with one attached hydrogen (secondary N) is 2. The Balaban J connectivity index is 0.00000264. The summed E-state index contributed by atoms with van der Waals surface area (Å²) in [5.74, 6) is 3.77. The molecule has 132 valence electrons. The van der Waals surface area contributed by atoms with Crippen molar-refractivity contribution in [3.63, 3.8) is 0 Å². The van der Waals surface area contributed by atoms with Gasteiger partial charge in [0.15, 0.2) is 11.8 Å². The second-order valence-electron chi connectivity index (χ2n) is 6.28. The number of guanidine groups is 1. The fourth-order valence-electron chi connectivity index (χ4n) is 3.11. The highest BCUT2D eigenvalue weighted by Crippen LogP contribution is 2.30. The van der Waals surface area contributed by atoms with Crippen molar-refractivity contribution in [2.24, 2.45) is 16.8 Å². The van der Waals surface area contributed by atoms with Crippen molar-refractivity contribution in [3.05, 3.63) is 11.7 Å². The summed E-state index contributed by atoms with van der Waals surface area (Å²) in [6.07, 6.45) is 6.75. The first kappa shape index (κ1) is 20.2. The Hall–Kier alpha value is -0.860. The molecule has 2 atom stereocenters. The zero-order valence-corrected chi connectivity index (χ0v) is 16.8. The molecule has 0 radical (unpaired) electrons. The highest BCUT2D eigenvalue weighted by molar-refractivity contribution is 14.0. The van der Waals surface area contributed by atoms with Crippen molar-refractivity contribution in [1.82, 2.24) is 20.8 Å². The van der Waals surface area contributed by atoms with Crippen molar-refractivity contribution in [1.29, 1.82) is 0 Å². The third-order valence-electron chi connectivity index (χ3n) is 4.18. The van der Waals surface area contributed by atoms with E-state index in [1.54, 1.807) is 0 Å². The number of halogens is 1. The number of aryl methyl sites for hydroxylation is 1. The van der Waals surface area contributed by atoms with Gasteiger partial charge in [-0.1, -0.05) is 31.3 Å². The molecule has 0 amide bonds. The van der Waals surface area contributed by atoms with Gasteiger partial charge in [0.2, 0.25) is 5.89 Å². The van der Waals surface area contributed by atoms with Crippen molar-refractivity contribution in [3.8, 4) is 0 Å². The molecule has 7 heteroatoms. The summed E-state index contributed by atoms with van der Waals surface area (Å²) in [6, 6.07) is 0. The van der Waals surface area contributed by atoms with E-state index >= 15 is 0 Å². The normalized spacial score (nSPS) is 21.6. The molecule has 0 saturated heterocycles. The molecule has 23 heavy (non-hydrogen) atoms. The lowest BCUT2D eigenvalue weighted by atomic mass is 9.81. The summed E-state index contributed by atoms with van der Waals surface area (Å²) in [6.45, 7) is 8.47. The van der Waals surface area contributed by atoms with E-state index < -0.39 is 0 Å². The first-order valence-electron chi connectivity index (χ1n) is 8.48. The molecule has 2 rings (SSSR count). The molecule has 1 aliphatic carbocycles. The minimum atomic E-state index is 0. The molecular weight excluding hydrogens is 405 g/mol. The molecule has 1 saturated carbocycles. The van der Waals surface area contributed by atoms with Gasteiger partial charge in [0.1, 0.15) is 6.54 Å². The molecule has 1 fully saturated rings. The number of rotatable bonds is 6. The minimum Gasteiger partial charge on any atom is -0.357 e. The van der Waals surface area contributed by atoms with Crippen molar-refractivity contribution in [2.45, 2.75) is 59.4 Å². The Kier molecular flexibility index (Phi) is 9.50. The highest BCUT2D eigenvalue weighted by Gasteiger charge is 2.18. The second-order valence-corrected chi connectivity index (χ2v) is 6.28. The van der Waals surface area contributed by atoms with Crippen LogP contribution in [0.2, 0.25) is 0 Å². The van der Waals surface area contributed by atoms with Gasteiger partial charge in [-0.15, -0.1) is 24.0 Å². The van der Waals surface area contributed by atoms with E-state index in [2.05, 4.69) is 39.6 Å². The first-order valence-corrected chi connectivity index (χ1v) is 8.48. The van der Waals surface area contributed by atoms with E-state index in [4.69, 9.17) is 4.52 Å². The van der Waals surface area contributed by atoms with Crippen LogP contribution in [0.4, 0.5) is 0 Å². The van der Waals surface area contributed by atoms with Crippen LogP contribution in [-0.2, 0) is 6.54 Å². The van der Waals surface area contributed by atoms with Crippen molar-refractivity contribution in [2.75, 3.05) is 13.1 Å². The van der Waals surface area contributed by atoms with E-state index in [0.717, 1.165) is 30.9 Å². The molecule has 6 nitrogen and oxygen atoms in total. The molecule has 0 bridgehead atoms. The number of nitrogens with zero attached hydrogens (tertiary/aromatic N) is 3. The maximum atomic E-state index is 5.08. The summed E-state index contributed by atoms with van der Waals surface area (Å²) in [5.41, 5.74) is 0. The van der Waals surface area contributed by atoms with Crippen LogP contribution in [0.15, 0.2) is 9.52 Å². The second kappa shape index (κ2) is 10.8. The van der Waals surface area contributed by atoms with Crippen LogP contribution in [0.3, 0.4) is 0 Å². The van der Waals surface area contributed by atoms with E-state index in [1.807, 2.05) is 6.92 Å². The van der Waals surface area contributed by atoms with Gasteiger partial charge < -0.3 is 15.2 Å². The molecule has 2 N–H and O–H groups in total. The zero-order chi connectivity index (χ0) is 15.8. The molecule has 0 aliphatic heterocycles. The van der Waals surface area contributed by atoms with Crippen LogP contribution >= 0.6 is 24.0 Å². The van der Waals surface area contributed by atoms with Gasteiger partial charge in [-0.05, 0) is 38.5 Å². The van der Waals surface area contributed by atoms with Crippen molar-refractivity contribution >= 4 is 29.9 Å². The molecule has 1 aromatic rings. The lowest BCUT2D eigenvalue weighted by Gasteiger charge is -2.26. The van der Waals surface area contributed by atoms with Crippen molar-refractivity contribution < 1.29 is 4.52 Å². The Morgan fingerprint density at radius 3 is 2.83 bits per heavy atom. The molecular formula is C16H30IN5O. The maximum Gasteiger partial charge on any atom is 0.248 e. The van der Waals surface area contributed by atoms with Gasteiger partial charge in [0.05, 0.1) is 0 Å². The minimum absolute atomic E-state index is 0. The Morgan fingerprint density at radius 2 is 2.17 bits per heavy atom. The largest absolute Gasteiger partial charge is 0.357 e. The maximum absolute atomic E-state index is 5.08. The lowest BCUT2D eigenvalue weighted by molar-refractivity contribution is 0.270. The smallest absolute Gasteiger partial charge is 0.248 e. The molecule has 2 unspecified atom stereocenters. The first-order chi connectivity index (χ1) is 10.7. The summed E-state index contributed by atoms with van der Waals surface area (Å²) in [5, 5.41) is 10.4. The number of hydrogen-bond donors (Lipinski definition) is 2. The molecule has 1 aliphatic rings. The molecule has 0 aromatic carbocycles. The highest BCUT2D eigenvalue weighted by atomic mass is 127.